The number of hydrogen-bond donors (Lipinski definition) is 1. The molecule has 5 heteroatoms. The van der Waals surface area contributed by atoms with Gasteiger partial charge in [0.05, 0.1) is 12.6 Å². The number of likely N-dealkylation sites (tertiary alicyclic amines) is 1. The van der Waals surface area contributed by atoms with Crippen molar-refractivity contribution >= 4 is 23.2 Å². The molecule has 0 aliphatic carbocycles. The quantitative estimate of drug-likeness (QED) is 0.926. The Balaban J connectivity index is 2.28. The number of halogens is 2. The van der Waals surface area contributed by atoms with Gasteiger partial charge in [-0.25, -0.2) is 0 Å². The highest BCUT2D eigenvalue weighted by Crippen LogP contribution is 2.38. The van der Waals surface area contributed by atoms with Crippen LogP contribution < -0.4 is 5.73 Å². The van der Waals surface area contributed by atoms with E-state index >= 15 is 0 Å². The average Bonchev–Trinajstić information content (AvgIpc) is 2.69. The first-order valence-corrected chi connectivity index (χ1v) is 6.83. The summed E-state index contributed by atoms with van der Waals surface area (Å²) in [6, 6.07) is 5.74. The molecule has 3 nitrogen and oxygen atoms in total. The molecule has 1 heterocycles. The SMILES string of the molecule is COCCN1CCC(N)C1c1c(Cl)cccc1Cl. The third-order valence-corrected chi connectivity index (χ3v) is 4.09. The van der Waals surface area contributed by atoms with Gasteiger partial charge in [-0.15, -0.1) is 0 Å². The maximum atomic E-state index is 6.28. The van der Waals surface area contributed by atoms with Crippen molar-refractivity contribution in [3.05, 3.63) is 33.8 Å². The van der Waals surface area contributed by atoms with Crippen LogP contribution in [0.2, 0.25) is 10.0 Å². The van der Waals surface area contributed by atoms with Gasteiger partial charge in [-0.05, 0) is 18.6 Å². The minimum Gasteiger partial charge on any atom is -0.383 e. The summed E-state index contributed by atoms with van der Waals surface area (Å²) in [5.74, 6) is 0. The first kappa shape index (κ1) is 14.1. The summed E-state index contributed by atoms with van der Waals surface area (Å²) in [6.45, 7) is 2.48. The summed E-state index contributed by atoms with van der Waals surface area (Å²) >= 11 is 12.6. The molecule has 2 unspecified atom stereocenters. The molecular formula is C13H18Cl2N2O. The van der Waals surface area contributed by atoms with E-state index < -0.39 is 0 Å². The minimum atomic E-state index is 0.0688. The van der Waals surface area contributed by atoms with Crippen molar-refractivity contribution in [3.8, 4) is 0 Å². The van der Waals surface area contributed by atoms with Gasteiger partial charge in [0.1, 0.15) is 0 Å². The summed E-state index contributed by atoms with van der Waals surface area (Å²) < 4.78 is 5.14. The van der Waals surface area contributed by atoms with E-state index in [9.17, 15) is 0 Å². The third-order valence-electron chi connectivity index (χ3n) is 3.43. The number of hydrogen-bond acceptors (Lipinski definition) is 3. The van der Waals surface area contributed by atoms with Crippen LogP contribution >= 0.6 is 23.2 Å². The van der Waals surface area contributed by atoms with E-state index in [0.717, 1.165) is 25.1 Å². The highest BCUT2D eigenvalue weighted by Gasteiger charge is 2.35. The lowest BCUT2D eigenvalue weighted by molar-refractivity contribution is 0.139. The fourth-order valence-electron chi connectivity index (χ4n) is 2.53. The van der Waals surface area contributed by atoms with Gasteiger partial charge in [-0.2, -0.15) is 0 Å². The van der Waals surface area contributed by atoms with E-state index in [1.165, 1.54) is 0 Å². The summed E-state index contributed by atoms with van der Waals surface area (Å²) in [4.78, 5) is 2.29. The summed E-state index contributed by atoms with van der Waals surface area (Å²) in [7, 11) is 1.70. The average molecular weight is 289 g/mol. The number of methoxy groups -OCH3 is 1. The second-order valence-corrected chi connectivity index (χ2v) is 5.38. The van der Waals surface area contributed by atoms with Crippen LogP contribution in [0.15, 0.2) is 18.2 Å². The molecule has 1 aromatic carbocycles. The van der Waals surface area contributed by atoms with Crippen molar-refractivity contribution in [1.29, 1.82) is 0 Å². The zero-order valence-electron chi connectivity index (χ0n) is 10.4. The fraction of sp³-hybridized carbons (Fsp3) is 0.538. The highest BCUT2D eigenvalue weighted by atomic mass is 35.5. The molecule has 1 aliphatic heterocycles. The number of nitrogens with zero attached hydrogens (tertiary/aromatic N) is 1. The van der Waals surface area contributed by atoms with Crippen LogP contribution in [0, 0.1) is 0 Å². The Morgan fingerprint density at radius 1 is 1.39 bits per heavy atom. The lowest BCUT2D eigenvalue weighted by Gasteiger charge is -2.28. The molecule has 1 saturated heterocycles. The van der Waals surface area contributed by atoms with Gasteiger partial charge in [-0.1, -0.05) is 29.3 Å². The van der Waals surface area contributed by atoms with Crippen LogP contribution in [0.5, 0.6) is 0 Å². The van der Waals surface area contributed by atoms with Crippen LogP contribution in [0.3, 0.4) is 0 Å². The van der Waals surface area contributed by atoms with Crippen LogP contribution in [-0.4, -0.2) is 37.7 Å². The monoisotopic (exact) mass is 288 g/mol. The van der Waals surface area contributed by atoms with Crippen molar-refractivity contribution < 1.29 is 4.74 Å². The van der Waals surface area contributed by atoms with E-state index in [2.05, 4.69) is 4.90 Å². The van der Waals surface area contributed by atoms with E-state index in [1.807, 2.05) is 18.2 Å². The molecule has 1 aliphatic rings. The smallest absolute Gasteiger partial charge is 0.0589 e. The molecule has 0 spiro atoms. The topological polar surface area (TPSA) is 38.5 Å². The Bertz CT molecular complexity index is 394. The molecule has 0 radical (unpaired) electrons. The summed E-state index contributed by atoms with van der Waals surface area (Å²) in [5.41, 5.74) is 7.16. The molecule has 1 aromatic rings. The molecule has 1 fully saturated rings. The number of ether oxygens (including phenoxy) is 1. The Hall–Kier alpha value is -0.320. The van der Waals surface area contributed by atoms with Gasteiger partial charge in [-0.3, -0.25) is 4.90 Å². The van der Waals surface area contributed by atoms with Gasteiger partial charge < -0.3 is 10.5 Å². The molecule has 2 N–H and O–H groups in total. The maximum Gasteiger partial charge on any atom is 0.0589 e. The van der Waals surface area contributed by atoms with Gasteiger partial charge in [0, 0.05) is 41.8 Å². The third kappa shape index (κ3) is 2.81. The van der Waals surface area contributed by atoms with Crippen molar-refractivity contribution in [2.45, 2.75) is 18.5 Å². The van der Waals surface area contributed by atoms with Crippen LogP contribution in [0.4, 0.5) is 0 Å². The summed E-state index contributed by atoms with van der Waals surface area (Å²) in [5, 5.41) is 1.37. The predicted molar refractivity (Wildman–Crippen MR) is 75.2 cm³/mol. The summed E-state index contributed by atoms with van der Waals surface area (Å²) in [6.07, 6.45) is 0.954. The van der Waals surface area contributed by atoms with Crippen molar-refractivity contribution in [2.75, 3.05) is 26.8 Å². The zero-order chi connectivity index (χ0) is 13.1. The Morgan fingerprint density at radius 3 is 2.67 bits per heavy atom. The number of rotatable bonds is 4. The molecule has 0 aromatic heterocycles. The molecule has 0 bridgehead atoms. The maximum absolute atomic E-state index is 6.28. The van der Waals surface area contributed by atoms with Gasteiger partial charge in [0.25, 0.3) is 0 Å². The fourth-order valence-corrected chi connectivity index (χ4v) is 3.15. The predicted octanol–water partition coefficient (Wildman–Crippen LogP) is 2.71. The zero-order valence-corrected chi connectivity index (χ0v) is 11.9. The lowest BCUT2D eigenvalue weighted by Crippen LogP contribution is -2.34. The minimum absolute atomic E-state index is 0.0688. The van der Waals surface area contributed by atoms with Crippen LogP contribution in [0.25, 0.3) is 0 Å². The van der Waals surface area contributed by atoms with Crippen molar-refractivity contribution in [3.63, 3.8) is 0 Å². The van der Waals surface area contributed by atoms with E-state index in [0.29, 0.717) is 16.7 Å². The number of benzene rings is 1. The molecule has 2 rings (SSSR count). The molecule has 100 valence electrons. The van der Waals surface area contributed by atoms with Gasteiger partial charge in [0.2, 0.25) is 0 Å². The lowest BCUT2D eigenvalue weighted by atomic mass is 10.0. The van der Waals surface area contributed by atoms with E-state index in [-0.39, 0.29) is 12.1 Å². The van der Waals surface area contributed by atoms with E-state index in [1.54, 1.807) is 7.11 Å². The number of nitrogens with two attached hydrogens (primary N) is 1. The van der Waals surface area contributed by atoms with Crippen molar-refractivity contribution in [2.24, 2.45) is 5.73 Å². The first-order valence-electron chi connectivity index (χ1n) is 6.07. The van der Waals surface area contributed by atoms with Crippen molar-refractivity contribution in [1.82, 2.24) is 4.90 Å². The highest BCUT2D eigenvalue weighted by molar-refractivity contribution is 6.36. The van der Waals surface area contributed by atoms with E-state index in [4.69, 9.17) is 33.7 Å². The molecular weight excluding hydrogens is 271 g/mol. The molecule has 0 amide bonds. The largest absolute Gasteiger partial charge is 0.383 e. The molecule has 18 heavy (non-hydrogen) atoms. The first-order chi connectivity index (χ1) is 8.65. The normalized spacial score (nSPS) is 24.7. The standard InChI is InChI=1S/C13H18Cl2N2O/c1-18-8-7-17-6-5-11(16)13(17)12-9(14)3-2-4-10(12)15/h2-4,11,13H,5-8,16H2,1H3. The van der Waals surface area contributed by atoms with Gasteiger partial charge >= 0.3 is 0 Å². The second-order valence-electron chi connectivity index (χ2n) is 4.56. The second kappa shape index (κ2) is 6.22. The Kier molecular flexibility index (Phi) is 4.87. The van der Waals surface area contributed by atoms with Crippen LogP contribution in [0.1, 0.15) is 18.0 Å². The molecule has 0 saturated carbocycles. The van der Waals surface area contributed by atoms with Crippen LogP contribution in [-0.2, 0) is 4.74 Å². The molecule has 2 atom stereocenters. The Labute approximate surface area is 118 Å². The Morgan fingerprint density at radius 2 is 2.06 bits per heavy atom. The van der Waals surface area contributed by atoms with Gasteiger partial charge in [0.15, 0.2) is 0 Å².